The smallest absolute Gasteiger partial charge is 0.238 e. The van der Waals surface area contributed by atoms with E-state index in [4.69, 9.17) is 16.7 Å². The molecule has 5 nitrogen and oxygen atoms in total. The number of hydrogen-bond donors (Lipinski definition) is 2. The molecule has 1 aromatic heterocycles. The van der Waals surface area contributed by atoms with Gasteiger partial charge in [-0.05, 0) is 18.2 Å². The van der Waals surface area contributed by atoms with E-state index in [1.807, 2.05) is 0 Å². The molecule has 18 heavy (non-hydrogen) atoms. The number of primary sulfonamides is 1. The SMILES string of the molecule is NS(=O)(=O)c1cccc(NCc2cnc(Cl)s2)c1. The van der Waals surface area contributed by atoms with E-state index >= 15 is 0 Å². The second-order valence-corrected chi connectivity index (χ2v) is 6.76. The second kappa shape index (κ2) is 5.23. The molecule has 1 heterocycles. The largest absolute Gasteiger partial charge is 0.380 e. The number of anilines is 1. The molecule has 3 N–H and O–H groups in total. The van der Waals surface area contributed by atoms with Crippen LogP contribution >= 0.6 is 22.9 Å². The third kappa shape index (κ3) is 3.42. The van der Waals surface area contributed by atoms with Gasteiger partial charge in [0.15, 0.2) is 4.47 Å². The van der Waals surface area contributed by atoms with Crippen molar-refractivity contribution in [2.24, 2.45) is 5.14 Å². The molecular formula is C10H10ClN3O2S2. The molecule has 1 aromatic carbocycles. The second-order valence-electron chi connectivity index (χ2n) is 3.51. The number of rotatable bonds is 4. The number of nitrogens with zero attached hydrogens (tertiary/aromatic N) is 1. The molecule has 0 unspecified atom stereocenters. The standard InChI is InChI=1S/C10H10ClN3O2S2/c11-10-14-6-8(17-10)5-13-7-2-1-3-9(4-7)18(12,15)16/h1-4,6,13H,5H2,(H2,12,15,16). The van der Waals surface area contributed by atoms with E-state index in [1.165, 1.54) is 23.5 Å². The first kappa shape index (κ1) is 13.3. The normalized spacial score (nSPS) is 11.4. The van der Waals surface area contributed by atoms with Crippen LogP contribution < -0.4 is 10.5 Å². The Bertz CT molecular complexity index is 655. The summed E-state index contributed by atoms with van der Waals surface area (Å²) in [6, 6.07) is 6.32. The first-order valence-electron chi connectivity index (χ1n) is 4.92. The summed E-state index contributed by atoms with van der Waals surface area (Å²) < 4.78 is 22.9. The van der Waals surface area contributed by atoms with Crippen LogP contribution in [-0.4, -0.2) is 13.4 Å². The number of hydrogen-bond acceptors (Lipinski definition) is 5. The minimum absolute atomic E-state index is 0.0786. The molecule has 0 spiro atoms. The summed E-state index contributed by atoms with van der Waals surface area (Å²) in [6.07, 6.45) is 1.67. The van der Waals surface area contributed by atoms with Gasteiger partial charge in [0, 0.05) is 16.8 Å². The number of benzene rings is 1. The van der Waals surface area contributed by atoms with E-state index in [0.717, 1.165) is 4.88 Å². The Kier molecular flexibility index (Phi) is 3.86. The van der Waals surface area contributed by atoms with Gasteiger partial charge >= 0.3 is 0 Å². The minimum atomic E-state index is -3.68. The Morgan fingerprint density at radius 2 is 2.22 bits per heavy atom. The Morgan fingerprint density at radius 3 is 2.83 bits per heavy atom. The van der Waals surface area contributed by atoms with Gasteiger partial charge in [-0.25, -0.2) is 18.5 Å². The van der Waals surface area contributed by atoms with Gasteiger partial charge in [0.1, 0.15) is 0 Å². The lowest BCUT2D eigenvalue weighted by Crippen LogP contribution is -2.12. The summed E-state index contributed by atoms with van der Waals surface area (Å²) in [5.74, 6) is 0. The molecule has 0 aliphatic rings. The maximum Gasteiger partial charge on any atom is 0.238 e. The summed E-state index contributed by atoms with van der Waals surface area (Å²) in [5, 5.41) is 8.13. The van der Waals surface area contributed by atoms with Gasteiger partial charge in [0.05, 0.1) is 11.4 Å². The number of halogens is 1. The average Bonchev–Trinajstić information content (AvgIpc) is 2.72. The van der Waals surface area contributed by atoms with Crippen LogP contribution in [-0.2, 0) is 16.6 Å². The number of aromatic nitrogens is 1. The first-order valence-corrected chi connectivity index (χ1v) is 7.66. The van der Waals surface area contributed by atoms with Gasteiger partial charge in [-0.3, -0.25) is 0 Å². The summed E-state index contributed by atoms with van der Waals surface area (Å²) in [5.41, 5.74) is 0.672. The first-order chi connectivity index (χ1) is 8.45. The highest BCUT2D eigenvalue weighted by molar-refractivity contribution is 7.89. The monoisotopic (exact) mass is 303 g/mol. The summed E-state index contributed by atoms with van der Waals surface area (Å²) >= 11 is 7.08. The van der Waals surface area contributed by atoms with Crippen LogP contribution in [0.15, 0.2) is 35.4 Å². The van der Waals surface area contributed by atoms with Crippen LogP contribution in [0.1, 0.15) is 4.88 Å². The van der Waals surface area contributed by atoms with E-state index in [1.54, 1.807) is 18.3 Å². The van der Waals surface area contributed by atoms with Gasteiger partial charge in [0.2, 0.25) is 10.0 Å². The lowest BCUT2D eigenvalue weighted by atomic mass is 10.3. The lowest BCUT2D eigenvalue weighted by Gasteiger charge is -2.06. The van der Waals surface area contributed by atoms with Crippen LogP contribution in [0.2, 0.25) is 4.47 Å². The van der Waals surface area contributed by atoms with Crippen molar-refractivity contribution in [2.75, 3.05) is 5.32 Å². The minimum Gasteiger partial charge on any atom is -0.380 e. The predicted octanol–water partition coefficient (Wildman–Crippen LogP) is 2.06. The van der Waals surface area contributed by atoms with Crippen molar-refractivity contribution in [3.8, 4) is 0 Å². The molecule has 8 heteroatoms. The van der Waals surface area contributed by atoms with Crippen molar-refractivity contribution in [2.45, 2.75) is 11.4 Å². The third-order valence-electron chi connectivity index (χ3n) is 2.15. The van der Waals surface area contributed by atoms with Crippen molar-refractivity contribution in [3.63, 3.8) is 0 Å². The van der Waals surface area contributed by atoms with Crippen LogP contribution in [0.4, 0.5) is 5.69 Å². The zero-order valence-corrected chi connectivity index (χ0v) is 11.5. The highest BCUT2D eigenvalue weighted by Gasteiger charge is 2.07. The third-order valence-corrected chi connectivity index (χ3v) is 4.18. The molecule has 0 aliphatic heterocycles. The van der Waals surface area contributed by atoms with Gasteiger partial charge in [-0.2, -0.15) is 0 Å². The van der Waals surface area contributed by atoms with Crippen LogP contribution in [0.3, 0.4) is 0 Å². The number of nitrogens with two attached hydrogens (primary N) is 1. The molecule has 0 aliphatic carbocycles. The molecule has 2 rings (SSSR count). The van der Waals surface area contributed by atoms with Crippen molar-refractivity contribution in [1.82, 2.24) is 4.98 Å². The van der Waals surface area contributed by atoms with E-state index in [-0.39, 0.29) is 4.90 Å². The molecule has 0 saturated heterocycles. The highest BCUT2D eigenvalue weighted by atomic mass is 35.5. The molecule has 0 atom stereocenters. The number of thiazole rings is 1. The zero-order valence-electron chi connectivity index (χ0n) is 9.13. The maximum atomic E-state index is 11.2. The highest BCUT2D eigenvalue weighted by Crippen LogP contribution is 2.20. The fourth-order valence-corrected chi connectivity index (χ4v) is 2.81. The number of sulfonamides is 1. The molecule has 0 bridgehead atoms. The van der Waals surface area contributed by atoms with Crippen molar-refractivity contribution < 1.29 is 8.42 Å². The van der Waals surface area contributed by atoms with E-state index < -0.39 is 10.0 Å². The Hall–Kier alpha value is -1.15. The maximum absolute atomic E-state index is 11.2. The molecule has 0 amide bonds. The van der Waals surface area contributed by atoms with Gasteiger partial charge < -0.3 is 5.32 Å². The van der Waals surface area contributed by atoms with Gasteiger partial charge in [0.25, 0.3) is 0 Å². The summed E-state index contributed by atoms with van der Waals surface area (Å²) in [4.78, 5) is 4.95. The molecular weight excluding hydrogens is 294 g/mol. The molecule has 0 radical (unpaired) electrons. The topological polar surface area (TPSA) is 85.1 Å². The fourth-order valence-electron chi connectivity index (χ4n) is 1.34. The van der Waals surface area contributed by atoms with Crippen molar-refractivity contribution >= 4 is 38.6 Å². The van der Waals surface area contributed by atoms with E-state index in [2.05, 4.69) is 10.3 Å². The van der Waals surface area contributed by atoms with Gasteiger partial charge in [-0.15, -0.1) is 11.3 Å². The Labute approximate surface area is 114 Å². The van der Waals surface area contributed by atoms with Crippen LogP contribution in [0, 0.1) is 0 Å². The van der Waals surface area contributed by atoms with Crippen LogP contribution in [0.5, 0.6) is 0 Å². The molecule has 96 valence electrons. The molecule has 2 aromatic rings. The summed E-state index contributed by atoms with van der Waals surface area (Å²) in [6.45, 7) is 0.526. The lowest BCUT2D eigenvalue weighted by molar-refractivity contribution is 0.598. The molecule has 0 fully saturated rings. The van der Waals surface area contributed by atoms with E-state index in [9.17, 15) is 8.42 Å². The quantitative estimate of drug-likeness (QED) is 0.905. The number of nitrogens with one attached hydrogen (secondary N) is 1. The predicted molar refractivity (Wildman–Crippen MR) is 72.3 cm³/mol. The van der Waals surface area contributed by atoms with Crippen LogP contribution in [0.25, 0.3) is 0 Å². The van der Waals surface area contributed by atoms with Crippen molar-refractivity contribution in [3.05, 3.63) is 39.8 Å². The Morgan fingerprint density at radius 1 is 1.44 bits per heavy atom. The zero-order chi connectivity index (χ0) is 13.2. The fraction of sp³-hybridized carbons (Fsp3) is 0.100. The molecule has 0 saturated carbocycles. The van der Waals surface area contributed by atoms with E-state index in [0.29, 0.717) is 16.7 Å². The van der Waals surface area contributed by atoms with Gasteiger partial charge in [-0.1, -0.05) is 17.7 Å². The van der Waals surface area contributed by atoms with Crippen molar-refractivity contribution in [1.29, 1.82) is 0 Å². The Balaban J connectivity index is 2.11. The summed E-state index contributed by atoms with van der Waals surface area (Å²) in [7, 11) is -3.68. The average molecular weight is 304 g/mol.